The maximum absolute atomic E-state index is 9.22. The average Bonchev–Trinajstić information content (AvgIpc) is 1.85. The van der Waals surface area contributed by atoms with Crippen molar-refractivity contribution < 1.29 is 10.2 Å². The van der Waals surface area contributed by atoms with E-state index in [1.165, 1.54) is 4.90 Å². The van der Waals surface area contributed by atoms with Crippen molar-refractivity contribution in [3.05, 3.63) is 0 Å². The molecule has 5 nitrogen and oxygen atoms in total. The van der Waals surface area contributed by atoms with Crippen molar-refractivity contribution in [2.45, 2.75) is 38.9 Å². The minimum Gasteiger partial charge on any atom is -0.379 e. The molecule has 12 heavy (non-hydrogen) atoms. The molecule has 0 amide bonds. The minimum atomic E-state index is -0.758. The molecule has 5 heteroatoms. The van der Waals surface area contributed by atoms with Gasteiger partial charge in [0.2, 0.25) is 0 Å². The lowest BCUT2D eigenvalue weighted by atomic mass is 10.3. The largest absolute Gasteiger partial charge is 0.379 e. The van der Waals surface area contributed by atoms with Gasteiger partial charge in [0, 0.05) is 0 Å². The molecule has 0 saturated heterocycles. The fraction of sp³-hybridized carbons (Fsp3) is 1.00. The molecule has 0 aromatic heterocycles. The van der Waals surface area contributed by atoms with Crippen molar-refractivity contribution in [2.24, 2.45) is 11.5 Å². The van der Waals surface area contributed by atoms with Crippen LogP contribution in [0.15, 0.2) is 0 Å². The first-order chi connectivity index (χ1) is 5.50. The second-order valence-corrected chi connectivity index (χ2v) is 2.86. The Balaban J connectivity index is 4.09. The molecule has 0 saturated carbocycles. The Bertz CT molecular complexity index is 111. The Hall–Kier alpha value is -0.200. The van der Waals surface area contributed by atoms with Crippen molar-refractivity contribution in [3.8, 4) is 0 Å². The quantitative estimate of drug-likeness (QED) is 0.387. The molecule has 74 valence electrons. The standard InChI is InChI=1S/C7H19N3O2/c1-5(11)10(6(2)12)7(9)3-4-8/h5-7,11-12H,3-4,8-9H2,1-2H3. The zero-order valence-corrected chi connectivity index (χ0v) is 7.64. The van der Waals surface area contributed by atoms with E-state index < -0.39 is 18.6 Å². The zero-order chi connectivity index (χ0) is 9.72. The van der Waals surface area contributed by atoms with Crippen molar-refractivity contribution in [3.63, 3.8) is 0 Å². The summed E-state index contributed by atoms with van der Waals surface area (Å²) < 4.78 is 0. The predicted octanol–water partition coefficient (Wildman–Crippen LogP) is -1.40. The number of hydrogen-bond acceptors (Lipinski definition) is 5. The maximum Gasteiger partial charge on any atom is 0.107 e. The van der Waals surface area contributed by atoms with Crippen LogP contribution in [-0.2, 0) is 0 Å². The summed E-state index contributed by atoms with van der Waals surface area (Å²) in [6, 6.07) is 0. The average molecular weight is 177 g/mol. The topological polar surface area (TPSA) is 95.7 Å². The van der Waals surface area contributed by atoms with E-state index in [0.29, 0.717) is 13.0 Å². The van der Waals surface area contributed by atoms with Gasteiger partial charge in [-0.1, -0.05) is 0 Å². The van der Waals surface area contributed by atoms with Crippen LogP contribution < -0.4 is 11.5 Å². The number of hydrogen-bond donors (Lipinski definition) is 4. The zero-order valence-electron chi connectivity index (χ0n) is 7.64. The van der Waals surface area contributed by atoms with Gasteiger partial charge in [-0.15, -0.1) is 0 Å². The Morgan fingerprint density at radius 1 is 1.25 bits per heavy atom. The minimum absolute atomic E-state index is 0.394. The number of rotatable bonds is 5. The lowest BCUT2D eigenvalue weighted by Crippen LogP contribution is -2.52. The lowest BCUT2D eigenvalue weighted by molar-refractivity contribution is -0.109. The normalized spacial score (nSPS) is 19.2. The molecule has 0 radical (unpaired) electrons. The van der Waals surface area contributed by atoms with Gasteiger partial charge >= 0.3 is 0 Å². The maximum atomic E-state index is 9.22. The molecule has 0 spiro atoms. The van der Waals surface area contributed by atoms with Gasteiger partial charge in [0.15, 0.2) is 0 Å². The van der Waals surface area contributed by atoms with Crippen molar-refractivity contribution in [1.29, 1.82) is 0 Å². The van der Waals surface area contributed by atoms with Crippen LogP contribution in [0.3, 0.4) is 0 Å². The van der Waals surface area contributed by atoms with Crippen LogP contribution in [0.1, 0.15) is 20.3 Å². The summed E-state index contributed by atoms with van der Waals surface area (Å²) in [6.07, 6.45) is -1.36. The molecule has 0 fully saturated rings. The molecule has 3 unspecified atom stereocenters. The summed E-state index contributed by atoms with van der Waals surface area (Å²) in [5.74, 6) is 0. The summed E-state index contributed by atoms with van der Waals surface area (Å²) in [4.78, 5) is 1.40. The van der Waals surface area contributed by atoms with E-state index in [0.717, 1.165) is 0 Å². The molecule has 0 rings (SSSR count). The number of nitrogens with zero attached hydrogens (tertiary/aromatic N) is 1. The van der Waals surface area contributed by atoms with Crippen molar-refractivity contribution in [1.82, 2.24) is 4.90 Å². The van der Waals surface area contributed by atoms with Gasteiger partial charge in [0.05, 0.1) is 6.17 Å². The smallest absolute Gasteiger partial charge is 0.107 e. The molecule has 0 bridgehead atoms. The molecule has 6 N–H and O–H groups in total. The van der Waals surface area contributed by atoms with Gasteiger partial charge in [0.25, 0.3) is 0 Å². The van der Waals surface area contributed by atoms with Crippen LogP contribution >= 0.6 is 0 Å². The van der Waals surface area contributed by atoms with E-state index >= 15 is 0 Å². The van der Waals surface area contributed by atoms with Crippen molar-refractivity contribution >= 4 is 0 Å². The van der Waals surface area contributed by atoms with Crippen LogP contribution in [0.4, 0.5) is 0 Å². The number of aliphatic hydroxyl groups excluding tert-OH is 2. The van der Waals surface area contributed by atoms with Gasteiger partial charge in [-0.2, -0.15) is 0 Å². The van der Waals surface area contributed by atoms with Gasteiger partial charge in [-0.25, -0.2) is 4.90 Å². The summed E-state index contributed by atoms with van der Waals surface area (Å²) >= 11 is 0. The van der Waals surface area contributed by atoms with E-state index in [-0.39, 0.29) is 0 Å². The molecular formula is C7H19N3O2. The van der Waals surface area contributed by atoms with E-state index in [4.69, 9.17) is 11.5 Å². The summed E-state index contributed by atoms with van der Waals surface area (Å²) in [5.41, 5.74) is 11.0. The summed E-state index contributed by atoms with van der Waals surface area (Å²) in [7, 11) is 0. The van der Waals surface area contributed by atoms with Gasteiger partial charge < -0.3 is 21.7 Å². The highest BCUT2D eigenvalue weighted by Gasteiger charge is 2.21. The third-order valence-electron chi connectivity index (χ3n) is 1.71. The van der Waals surface area contributed by atoms with E-state index in [1.807, 2.05) is 0 Å². The molecule has 0 aromatic carbocycles. The first-order valence-electron chi connectivity index (χ1n) is 4.10. The van der Waals surface area contributed by atoms with E-state index in [9.17, 15) is 10.2 Å². The second-order valence-electron chi connectivity index (χ2n) is 2.86. The number of aliphatic hydroxyl groups is 2. The fourth-order valence-electron chi connectivity index (χ4n) is 1.19. The van der Waals surface area contributed by atoms with Crippen molar-refractivity contribution in [2.75, 3.05) is 6.54 Å². The highest BCUT2D eigenvalue weighted by Crippen LogP contribution is 2.05. The Morgan fingerprint density at radius 3 is 1.92 bits per heavy atom. The summed E-state index contributed by atoms with van der Waals surface area (Å²) in [6.45, 7) is 3.56. The fourth-order valence-corrected chi connectivity index (χ4v) is 1.19. The third kappa shape index (κ3) is 3.46. The SMILES string of the molecule is CC(O)N(C(C)O)C(N)CCN. The Kier molecular flexibility index (Phi) is 5.36. The van der Waals surface area contributed by atoms with Crippen LogP contribution in [0.2, 0.25) is 0 Å². The van der Waals surface area contributed by atoms with E-state index in [1.54, 1.807) is 13.8 Å². The second kappa shape index (κ2) is 5.45. The molecule has 3 atom stereocenters. The number of nitrogens with two attached hydrogens (primary N) is 2. The Morgan fingerprint density at radius 2 is 1.67 bits per heavy atom. The predicted molar refractivity (Wildman–Crippen MR) is 46.8 cm³/mol. The molecule has 0 heterocycles. The highest BCUT2D eigenvalue weighted by atomic mass is 16.3. The highest BCUT2D eigenvalue weighted by molar-refractivity contribution is 4.67. The molecule has 0 aromatic rings. The monoisotopic (exact) mass is 177 g/mol. The van der Waals surface area contributed by atoms with Gasteiger partial charge in [-0.3, -0.25) is 0 Å². The molecule has 0 aliphatic rings. The van der Waals surface area contributed by atoms with Gasteiger partial charge in [-0.05, 0) is 26.8 Å². The first kappa shape index (κ1) is 11.8. The van der Waals surface area contributed by atoms with Crippen LogP contribution in [0.25, 0.3) is 0 Å². The molecule has 0 aliphatic heterocycles. The first-order valence-corrected chi connectivity index (χ1v) is 4.10. The molecular weight excluding hydrogens is 158 g/mol. The molecule has 0 aliphatic carbocycles. The van der Waals surface area contributed by atoms with E-state index in [2.05, 4.69) is 0 Å². The lowest BCUT2D eigenvalue weighted by Gasteiger charge is -2.33. The van der Waals surface area contributed by atoms with Gasteiger partial charge in [0.1, 0.15) is 12.5 Å². The summed E-state index contributed by atoms with van der Waals surface area (Å²) in [5, 5.41) is 18.4. The van der Waals surface area contributed by atoms with Crippen LogP contribution in [0.5, 0.6) is 0 Å². The van der Waals surface area contributed by atoms with Crippen LogP contribution in [-0.4, -0.2) is 40.3 Å². The van der Waals surface area contributed by atoms with Crippen LogP contribution in [0, 0.1) is 0 Å². The Labute approximate surface area is 73.0 Å². The third-order valence-corrected chi connectivity index (χ3v) is 1.71.